The predicted octanol–water partition coefficient (Wildman–Crippen LogP) is 2.86. The van der Waals surface area contributed by atoms with Gasteiger partial charge in [0.25, 0.3) is 0 Å². The van der Waals surface area contributed by atoms with Crippen molar-refractivity contribution in [1.29, 1.82) is 0 Å². The Morgan fingerprint density at radius 1 is 1.25 bits per heavy atom. The first-order valence-corrected chi connectivity index (χ1v) is 6.13. The number of aromatic nitrogens is 1. The molecule has 1 aromatic carbocycles. The third kappa shape index (κ3) is 3.26. The van der Waals surface area contributed by atoms with Crippen LogP contribution in [0, 0.1) is 0 Å². The highest BCUT2D eigenvalue weighted by Gasteiger charge is 2.17. The Bertz CT molecular complexity index is 572. The van der Waals surface area contributed by atoms with Gasteiger partial charge in [0.15, 0.2) is 0 Å². The van der Waals surface area contributed by atoms with Crippen LogP contribution in [-0.4, -0.2) is 25.3 Å². The van der Waals surface area contributed by atoms with Gasteiger partial charge in [0.1, 0.15) is 5.75 Å². The Morgan fingerprint density at radius 3 is 2.75 bits per heavy atom. The van der Waals surface area contributed by atoms with E-state index in [0.717, 1.165) is 5.56 Å². The zero-order valence-electron chi connectivity index (χ0n) is 11.4. The molecule has 104 valence electrons. The van der Waals surface area contributed by atoms with Crippen LogP contribution >= 0.6 is 0 Å². The molecule has 2 aromatic rings. The second kappa shape index (κ2) is 6.56. The summed E-state index contributed by atoms with van der Waals surface area (Å²) in [5, 5.41) is 0. The number of carbonyl (C=O) groups is 1. The van der Waals surface area contributed by atoms with Crippen molar-refractivity contribution < 1.29 is 14.3 Å². The van der Waals surface area contributed by atoms with Crippen LogP contribution in [0.3, 0.4) is 0 Å². The normalized spacial score (nSPS) is 9.90. The fourth-order valence-corrected chi connectivity index (χ4v) is 1.82. The highest BCUT2D eigenvalue weighted by molar-refractivity contribution is 5.87. The van der Waals surface area contributed by atoms with Crippen molar-refractivity contribution in [3.8, 4) is 5.75 Å². The smallest absolute Gasteiger partial charge is 0.414 e. The van der Waals surface area contributed by atoms with Crippen LogP contribution in [0.2, 0.25) is 0 Å². The maximum absolute atomic E-state index is 12.0. The summed E-state index contributed by atoms with van der Waals surface area (Å²) in [5.41, 5.74) is 1.63. The lowest BCUT2D eigenvalue weighted by Gasteiger charge is -2.21. The largest absolute Gasteiger partial charge is 0.497 e. The Labute approximate surface area is 117 Å². The Morgan fingerprint density at radius 2 is 2.10 bits per heavy atom. The second-order valence-corrected chi connectivity index (χ2v) is 4.12. The van der Waals surface area contributed by atoms with E-state index in [4.69, 9.17) is 9.47 Å². The molecule has 1 heterocycles. The quantitative estimate of drug-likeness (QED) is 0.858. The van der Waals surface area contributed by atoms with E-state index in [-0.39, 0.29) is 0 Å². The molecular formula is C15H16N2O3. The molecule has 1 aromatic heterocycles. The molecule has 0 atom stereocenters. The van der Waals surface area contributed by atoms with Gasteiger partial charge in [-0.3, -0.25) is 9.88 Å². The molecule has 0 radical (unpaired) electrons. The number of amides is 1. The predicted molar refractivity (Wildman–Crippen MR) is 75.8 cm³/mol. The van der Waals surface area contributed by atoms with Gasteiger partial charge in [-0.1, -0.05) is 12.1 Å². The number of hydrogen-bond acceptors (Lipinski definition) is 4. The molecule has 0 aliphatic carbocycles. The van der Waals surface area contributed by atoms with Crippen LogP contribution in [0.25, 0.3) is 0 Å². The number of ether oxygens (including phenoxy) is 2. The van der Waals surface area contributed by atoms with Crippen molar-refractivity contribution in [1.82, 2.24) is 4.98 Å². The van der Waals surface area contributed by atoms with Crippen LogP contribution < -0.4 is 9.64 Å². The Kier molecular flexibility index (Phi) is 4.55. The van der Waals surface area contributed by atoms with Gasteiger partial charge in [-0.2, -0.15) is 0 Å². The lowest BCUT2D eigenvalue weighted by molar-refractivity contribution is 0.178. The van der Waals surface area contributed by atoms with Crippen molar-refractivity contribution in [3.05, 3.63) is 54.4 Å². The van der Waals surface area contributed by atoms with Crippen LogP contribution in [0.5, 0.6) is 5.75 Å². The highest BCUT2D eigenvalue weighted by Crippen LogP contribution is 2.23. The van der Waals surface area contributed by atoms with E-state index in [0.29, 0.717) is 18.0 Å². The zero-order chi connectivity index (χ0) is 14.4. The first-order valence-electron chi connectivity index (χ1n) is 6.13. The average Bonchev–Trinajstić information content (AvgIpc) is 2.53. The average molecular weight is 272 g/mol. The minimum atomic E-state index is -0.429. The Hall–Kier alpha value is -2.56. The molecule has 0 aliphatic heterocycles. The summed E-state index contributed by atoms with van der Waals surface area (Å²) in [6.45, 7) is 0.383. The minimum absolute atomic E-state index is 0.383. The van der Waals surface area contributed by atoms with Gasteiger partial charge in [-0.15, -0.1) is 0 Å². The van der Waals surface area contributed by atoms with Crippen molar-refractivity contribution in [2.45, 2.75) is 6.54 Å². The number of pyridine rings is 1. The standard InChI is InChI=1S/C15H16N2O3/c1-19-14-7-3-6-13(9-14)17(15(18)20-2)11-12-5-4-8-16-10-12/h3-10H,11H2,1-2H3. The molecule has 20 heavy (non-hydrogen) atoms. The lowest BCUT2D eigenvalue weighted by atomic mass is 10.2. The molecule has 0 spiro atoms. The summed E-state index contributed by atoms with van der Waals surface area (Å²) >= 11 is 0. The maximum Gasteiger partial charge on any atom is 0.414 e. The third-order valence-corrected chi connectivity index (χ3v) is 2.82. The summed E-state index contributed by atoms with van der Waals surface area (Å²) < 4.78 is 10.0. The van der Waals surface area contributed by atoms with Crippen LogP contribution in [0.4, 0.5) is 10.5 Å². The first kappa shape index (κ1) is 13.9. The van der Waals surface area contributed by atoms with E-state index in [2.05, 4.69) is 4.98 Å². The van der Waals surface area contributed by atoms with Crippen molar-refractivity contribution >= 4 is 11.8 Å². The van der Waals surface area contributed by atoms with Crippen molar-refractivity contribution in [2.24, 2.45) is 0 Å². The molecule has 0 unspecified atom stereocenters. The van der Waals surface area contributed by atoms with Gasteiger partial charge in [0, 0.05) is 18.5 Å². The molecule has 0 N–H and O–H groups in total. The summed E-state index contributed by atoms with van der Waals surface area (Å²) in [6, 6.07) is 11.0. The summed E-state index contributed by atoms with van der Waals surface area (Å²) in [6.07, 6.45) is 2.98. The fourth-order valence-electron chi connectivity index (χ4n) is 1.82. The third-order valence-electron chi connectivity index (χ3n) is 2.82. The Balaban J connectivity index is 2.29. The number of rotatable bonds is 4. The molecule has 5 nitrogen and oxygen atoms in total. The lowest BCUT2D eigenvalue weighted by Crippen LogP contribution is -2.30. The van der Waals surface area contributed by atoms with E-state index in [1.165, 1.54) is 12.0 Å². The number of nitrogens with zero attached hydrogens (tertiary/aromatic N) is 2. The summed E-state index contributed by atoms with van der Waals surface area (Å²) in [4.78, 5) is 17.5. The van der Waals surface area contributed by atoms with Gasteiger partial charge in [-0.05, 0) is 23.8 Å². The number of methoxy groups -OCH3 is 2. The molecule has 0 aliphatic rings. The second-order valence-electron chi connectivity index (χ2n) is 4.12. The highest BCUT2D eigenvalue weighted by atomic mass is 16.5. The maximum atomic E-state index is 12.0. The van der Waals surface area contributed by atoms with E-state index in [1.807, 2.05) is 30.3 Å². The van der Waals surface area contributed by atoms with Gasteiger partial charge in [0.05, 0.1) is 26.5 Å². The number of hydrogen-bond donors (Lipinski definition) is 0. The number of carbonyl (C=O) groups excluding carboxylic acids is 1. The van der Waals surface area contributed by atoms with E-state index in [1.54, 1.807) is 25.6 Å². The van der Waals surface area contributed by atoms with Gasteiger partial charge >= 0.3 is 6.09 Å². The van der Waals surface area contributed by atoms with Gasteiger partial charge < -0.3 is 9.47 Å². The van der Waals surface area contributed by atoms with Crippen LogP contribution in [-0.2, 0) is 11.3 Å². The van der Waals surface area contributed by atoms with Gasteiger partial charge in [-0.25, -0.2) is 4.79 Å². The molecule has 0 bridgehead atoms. The summed E-state index contributed by atoms with van der Waals surface area (Å²) in [5.74, 6) is 0.683. The van der Waals surface area contributed by atoms with Crippen molar-refractivity contribution in [2.75, 3.05) is 19.1 Å². The molecule has 1 amide bonds. The molecular weight excluding hydrogens is 256 g/mol. The number of benzene rings is 1. The fraction of sp³-hybridized carbons (Fsp3) is 0.200. The van der Waals surface area contributed by atoms with E-state index < -0.39 is 6.09 Å². The minimum Gasteiger partial charge on any atom is -0.497 e. The topological polar surface area (TPSA) is 51.7 Å². The van der Waals surface area contributed by atoms with E-state index >= 15 is 0 Å². The zero-order valence-corrected chi connectivity index (χ0v) is 11.4. The van der Waals surface area contributed by atoms with Gasteiger partial charge in [0.2, 0.25) is 0 Å². The summed E-state index contributed by atoms with van der Waals surface area (Å²) in [7, 11) is 2.95. The van der Waals surface area contributed by atoms with E-state index in [9.17, 15) is 4.79 Å². The molecule has 5 heteroatoms. The molecule has 0 fully saturated rings. The molecule has 0 saturated heterocycles. The van der Waals surface area contributed by atoms with Crippen LogP contribution in [0.1, 0.15) is 5.56 Å². The number of anilines is 1. The van der Waals surface area contributed by atoms with Crippen LogP contribution in [0.15, 0.2) is 48.8 Å². The molecule has 0 saturated carbocycles. The monoisotopic (exact) mass is 272 g/mol. The molecule has 2 rings (SSSR count). The van der Waals surface area contributed by atoms with Crippen molar-refractivity contribution in [3.63, 3.8) is 0 Å². The SMILES string of the molecule is COC(=O)N(Cc1cccnc1)c1cccc(OC)c1. The first-order chi connectivity index (χ1) is 9.74.